The fourth-order valence-corrected chi connectivity index (χ4v) is 2.69. The van der Waals surface area contributed by atoms with E-state index in [1.807, 2.05) is 0 Å². The summed E-state index contributed by atoms with van der Waals surface area (Å²) in [4.78, 5) is 5.30. The van der Waals surface area contributed by atoms with Crippen LogP contribution in [-0.2, 0) is 0 Å². The molecule has 0 radical (unpaired) electrons. The summed E-state index contributed by atoms with van der Waals surface area (Å²) in [6, 6.07) is 0.671. The van der Waals surface area contributed by atoms with Crippen LogP contribution in [0.25, 0.3) is 0 Å². The minimum absolute atomic E-state index is 0.671. The van der Waals surface area contributed by atoms with Crippen molar-refractivity contribution in [2.75, 3.05) is 45.8 Å². The van der Waals surface area contributed by atoms with E-state index < -0.39 is 0 Å². The SMILES string of the molecule is CCNC(C)CCN1CCN(CC2CC2)CC1. The molecule has 0 aromatic carbocycles. The van der Waals surface area contributed by atoms with E-state index in [1.54, 1.807) is 0 Å². The minimum atomic E-state index is 0.671. The third-order valence-electron chi connectivity index (χ3n) is 4.11. The average molecular weight is 239 g/mol. The van der Waals surface area contributed by atoms with Crippen molar-refractivity contribution in [2.24, 2.45) is 5.92 Å². The van der Waals surface area contributed by atoms with Crippen LogP contribution in [0, 0.1) is 5.92 Å². The molecule has 1 unspecified atom stereocenters. The van der Waals surface area contributed by atoms with E-state index >= 15 is 0 Å². The summed E-state index contributed by atoms with van der Waals surface area (Å²) in [6.07, 6.45) is 4.26. The molecule has 0 aromatic heterocycles. The van der Waals surface area contributed by atoms with Gasteiger partial charge < -0.3 is 15.1 Å². The van der Waals surface area contributed by atoms with E-state index in [4.69, 9.17) is 0 Å². The molecule has 2 rings (SSSR count). The van der Waals surface area contributed by atoms with Gasteiger partial charge in [-0.2, -0.15) is 0 Å². The lowest BCUT2D eigenvalue weighted by atomic mass is 10.2. The molecule has 1 saturated carbocycles. The number of nitrogens with one attached hydrogen (secondary N) is 1. The van der Waals surface area contributed by atoms with E-state index in [1.165, 1.54) is 58.5 Å². The zero-order chi connectivity index (χ0) is 12.1. The topological polar surface area (TPSA) is 18.5 Å². The molecule has 0 bridgehead atoms. The van der Waals surface area contributed by atoms with Gasteiger partial charge in [-0.05, 0) is 45.2 Å². The van der Waals surface area contributed by atoms with Gasteiger partial charge in [-0.3, -0.25) is 0 Å². The Balaban J connectivity index is 1.55. The van der Waals surface area contributed by atoms with Crippen molar-refractivity contribution in [3.05, 3.63) is 0 Å². The molecule has 1 heterocycles. The summed E-state index contributed by atoms with van der Waals surface area (Å²) >= 11 is 0. The maximum atomic E-state index is 3.49. The number of rotatable bonds is 7. The lowest BCUT2D eigenvalue weighted by Crippen LogP contribution is -2.47. The summed E-state index contributed by atoms with van der Waals surface area (Å²) < 4.78 is 0. The Hall–Kier alpha value is -0.120. The van der Waals surface area contributed by atoms with E-state index in [0.29, 0.717) is 6.04 Å². The summed E-state index contributed by atoms with van der Waals surface area (Å²) in [7, 11) is 0. The lowest BCUT2D eigenvalue weighted by Gasteiger charge is -2.35. The predicted octanol–water partition coefficient (Wildman–Crippen LogP) is 1.40. The highest BCUT2D eigenvalue weighted by Crippen LogP contribution is 2.29. The summed E-state index contributed by atoms with van der Waals surface area (Å²) in [5.74, 6) is 1.05. The van der Waals surface area contributed by atoms with Gasteiger partial charge in [0.05, 0.1) is 0 Å². The second kappa shape index (κ2) is 6.72. The van der Waals surface area contributed by atoms with Crippen LogP contribution in [0.4, 0.5) is 0 Å². The van der Waals surface area contributed by atoms with Crippen LogP contribution in [0.1, 0.15) is 33.1 Å². The Kier molecular flexibility index (Phi) is 5.26. The van der Waals surface area contributed by atoms with Gasteiger partial charge in [-0.1, -0.05) is 6.92 Å². The van der Waals surface area contributed by atoms with Gasteiger partial charge in [0, 0.05) is 38.8 Å². The molecule has 0 aromatic rings. The molecule has 2 aliphatic rings. The maximum Gasteiger partial charge on any atom is 0.0110 e. The van der Waals surface area contributed by atoms with Crippen molar-refractivity contribution < 1.29 is 0 Å². The van der Waals surface area contributed by atoms with Crippen LogP contribution in [0.5, 0.6) is 0 Å². The molecule has 3 nitrogen and oxygen atoms in total. The zero-order valence-electron chi connectivity index (χ0n) is 11.6. The molecule has 2 fully saturated rings. The fourth-order valence-electron chi connectivity index (χ4n) is 2.69. The number of hydrogen-bond acceptors (Lipinski definition) is 3. The third-order valence-corrected chi connectivity index (χ3v) is 4.11. The first kappa shape index (κ1) is 13.3. The highest BCUT2D eigenvalue weighted by molar-refractivity contribution is 4.80. The van der Waals surface area contributed by atoms with E-state index in [-0.39, 0.29) is 0 Å². The Morgan fingerprint density at radius 2 is 1.76 bits per heavy atom. The Labute approximate surface area is 107 Å². The monoisotopic (exact) mass is 239 g/mol. The first-order valence-corrected chi connectivity index (χ1v) is 7.46. The van der Waals surface area contributed by atoms with Crippen LogP contribution in [0.2, 0.25) is 0 Å². The van der Waals surface area contributed by atoms with Crippen molar-refractivity contribution >= 4 is 0 Å². The van der Waals surface area contributed by atoms with Gasteiger partial charge in [0.15, 0.2) is 0 Å². The third kappa shape index (κ3) is 4.94. The normalized spacial score (nSPS) is 25.1. The zero-order valence-corrected chi connectivity index (χ0v) is 11.6. The highest BCUT2D eigenvalue weighted by atomic mass is 15.3. The van der Waals surface area contributed by atoms with Gasteiger partial charge in [0.25, 0.3) is 0 Å². The van der Waals surface area contributed by atoms with E-state index in [9.17, 15) is 0 Å². The van der Waals surface area contributed by atoms with Gasteiger partial charge in [0.1, 0.15) is 0 Å². The minimum Gasteiger partial charge on any atom is -0.314 e. The number of piperazine rings is 1. The van der Waals surface area contributed by atoms with Crippen LogP contribution < -0.4 is 5.32 Å². The van der Waals surface area contributed by atoms with Crippen molar-refractivity contribution in [1.82, 2.24) is 15.1 Å². The molecule has 1 N–H and O–H groups in total. The number of hydrogen-bond donors (Lipinski definition) is 1. The van der Waals surface area contributed by atoms with Crippen LogP contribution in [0.15, 0.2) is 0 Å². The van der Waals surface area contributed by atoms with E-state index in [2.05, 4.69) is 29.0 Å². The molecule has 1 aliphatic carbocycles. The maximum absolute atomic E-state index is 3.49. The lowest BCUT2D eigenvalue weighted by molar-refractivity contribution is 0.125. The van der Waals surface area contributed by atoms with Crippen molar-refractivity contribution in [2.45, 2.75) is 39.2 Å². The van der Waals surface area contributed by atoms with Crippen molar-refractivity contribution in [3.63, 3.8) is 0 Å². The van der Waals surface area contributed by atoms with Crippen molar-refractivity contribution in [1.29, 1.82) is 0 Å². The fraction of sp³-hybridized carbons (Fsp3) is 1.00. The molecule has 1 aliphatic heterocycles. The Bertz CT molecular complexity index is 208. The molecule has 1 atom stereocenters. The molecule has 1 saturated heterocycles. The molecule has 17 heavy (non-hydrogen) atoms. The van der Waals surface area contributed by atoms with Crippen LogP contribution in [0.3, 0.4) is 0 Å². The largest absolute Gasteiger partial charge is 0.314 e. The van der Waals surface area contributed by atoms with Gasteiger partial charge >= 0.3 is 0 Å². The summed E-state index contributed by atoms with van der Waals surface area (Å²) in [5, 5.41) is 3.49. The Morgan fingerprint density at radius 3 is 2.35 bits per heavy atom. The molecular weight excluding hydrogens is 210 g/mol. The Morgan fingerprint density at radius 1 is 1.12 bits per heavy atom. The van der Waals surface area contributed by atoms with Gasteiger partial charge in [0.2, 0.25) is 0 Å². The van der Waals surface area contributed by atoms with Crippen molar-refractivity contribution in [3.8, 4) is 0 Å². The predicted molar refractivity (Wildman–Crippen MR) is 73.4 cm³/mol. The van der Waals surface area contributed by atoms with Gasteiger partial charge in [-0.15, -0.1) is 0 Å². The number of nitrogens with zero attached hydrogens (tertiary/aromatic N) is 2. The van der Waals surface area contributed by atoms with Crippen LogP contribution in [-0.4, -0.2) is 61.7 Å². The molecule has 0 amide bonds. The molecule has 100 valence electrons. The molecular formula is C14H29N3. The first-order valence-electron chi connectivity index (χ1n) is 7.46. The summed E-state index contributed by atoms with van der Waals surface area (Å²) in [5.41, 5.74) is 0. The standard InChI is InChI=1S/C14H29N3/c1-3-15-13(2)6-7-16-8-10-17(11-9-16)12-14-4-5-14/h13-15H,3-12H2,1-2H3. The molecule has 0 spiro atoms. The second-order valence-corrected chi connectivity index (χ2v) is 5.83. The smallest absolute Gasteiger partial charge is 0.0110 e. The van der Waals surface area contributed by atoms with Gasteiger partial charge in [-0.25, -0.2) is 0 Å². The molecule has 3 heteroatoms. The van der Waals surface area contributed by atoms with E-state index in [0.717, 1.165) is 12.5 Å². The highest BCUT2D eigenvalue weighted by Gasteiger charge is 2.26. The summed E-state index contributed by atoms with van der Waals surface area (Å²) in [6.45, 7) is 13.4. The quantitative estimate of drug-likeness (QED) is 0.724. The van der Waals surface area contributed by atoms with Crippen LogP contribution >= 0.6 is 0 Å². The first-order chi connectivity index (χ1) is 8.28. The average Bonchev–Trinajstić information content (AvgIpc) is 3.13. The second-order valence-electron chi connectivity index (χ2n) is 5.83.